The Morgan fingerprint density at radius 2 is 1.93 bits per heavy atom. The summed E-state index contributed by atoms with van der Waals surface area (Å²) in [5.74, 6) is 0.478. The van der Waals surface area contributed by atoms with Crippen LogP contribution in [0.5, 0.6) is 0 Å². The number of hydrogen-bond acceptors (Lipinski definition) is 9. The number of fused-ring (bicyclic) bond motifs is 1. The Hall–Kier alpha value is -2.97. The molecule has 0 amide bonds. The Morgan fingerprint density at radius 1 is 1.18 bits per heavy atom. The summed E-state index contributed by atoms with van der Waals surface area (Å²) in [6.07, 6.45) is 8.93. The maximum absolute atomic E-state index is 9.02. The van der Waals surface area contributed by atoms with Crippen LogP contribution in [0.4, 0.5) is 5.82 Å². The van der Waals surface area contributed by atoms with Gasteiger partial charge in [0.15, 0.2) is 23.2 Å². The van der Waals surface area contributed by atoms with Crippen LogP contribution in [0, 0.1) is 17.2 Å². The molecule has 0 bridgehead atoms. The zero-order chi connectivity index (χ0) is 29.2. The van der Waals surface area contributed by atoms with Gasteiger partial charge in [-0.15, -0.1) is 0 Å². The van der Waals surface area contributed by atoms with Gasteiger partial charge in [-0.05, 0) is 27.7 Å². The Labute approximate surface area is 238 Å². The van der Waals surface area contributed by atoms with Crippen molar-refractivity contribution in [3.8, 4) is 6.07 Å². The molecule has 3 heterocycles. The SMILES string of the molecule is CC(C)N(C(C)C)P(OCCC#N)OCC1OC(n2cnc3c(N=CN(C)C)ncnc32)CC1C=[N+]=CN(C)C. The van der Waals surface area contributed by atoms with Crippen LogP contribution >= 0.6 is 8.53 Å². The van der Waals surface area contributed by atoms with Crippen molar-refractivity contribution in [1.29, 1.82) is 5.26 Å². The molecule has 2 aromatic rings. The molecule has 0 N–H and O–H groups in total. The number of imidazole rings is 1. The summed E-state index contributed by atoms with van der Waals surface area (Å²) < 4.78 is 27.7. The predicted molar refractivity (Wildman–Crippen MR) is 158 cm³/mol. The van der Waals surface area contributed by atoms with Crippen LogP contribution in [0.2, 0.25) is 0 Å². The lowest BCUT2D eigenvalue weighted by atomic mass is 10.0. The molecule has 40 heavy (non-hydrogen) atoms. The molecular formula is C26H42N10O3P+. The van der Waals surface area contributed by atoms with Crippen molar-refractivity contribution in [3.05, 3.63) is 12.7 Å². The van der Waals surface area contributed by atoms with Gasteiger partial charge >= 0.3 is 6.34 Å². The van der Waals surface area contributed by atoms with Gasteiger partial charge in [-0.25, -0.2) is 29.3 Å². The summed E-state index contributed by atoms with van der Waals surface area (Å²) in [6, 6.07) is 2.56. The van der Waals surface area contributed by atoms with Gasteiger partial charge in [0.2, 0.25) is 0 Å². The van der Waals surface area contributed by atoms with Crippen LogP contribution in [0.15, 0.2) is 17.6 Å². The molecule has 4 unspecified atom stereocenters. The molecule has 13 nitrogen and oxygen atoms in total. The molecule has 1 fully saturated rings. The number of aromatic nitrogens is 4. The van der Waals surface area contributed by atoms with Crippen LogP contribution < -0.4 is 4.67 Å². The average molecular weight is 574 g/mol. The van der Waals surface area contributed by atoms with Crippen LogP contribution in [0.3, 0.4) is 0 Å². The van der Waals surface area contributed by atoms with E-state index in [9.17, 15) is 0 Å². The van der Waals surface area contributed by atoms with E-state index < -0.39 is 8.53 Å². The molecule has 1 aliphatic heterocycles. The molecule has 4 atom stereocenters. The van der Waals surface area contributed by atoms with Gasteiger partial charge < -0.3 is 18.7 Å². The third-order valence-corrected chi connectivity index (χ3v) is 8.00. The van der Waals surface area contributed by atoms with Gasteiger partial charge in [-0.1, -0.05) is 0 Å². The molecule has 0 aromatic carbocycles. The van der Waals surface area contributed by atoms with Gasteiger partial charge in [0.05, 0.1) is 64.5 Å². The van der Waals surface area contributed by atoms with E-state index >= 15 is 0 Å². The molecule has 0 aliphatic carbocycles. The lowest BCUT2D eigenvalue weighted by Crippen LogP contribution is -2.35. The average Bonchev–Trinajstić information content (AvgIpc) is 3.49. The Balaban J connectivity index is 1.86. The molecule has 0 radical (unpaired) electrons. The summed E-state index contributed by atoms with van der Waals surface area (Å²) in [4.78, 5) is 21.5. The van der Waals surface area contributed by atoms with Gasteiger partial charge in [0.1, 0.15) is 12.6 Å². The zero-order valence-electron chi connectivity index (χ0n) is 24.7. The molecule has 218 valence electrons. The number of aliphatic imine (C=N–C) groups is 1. The second kappa shape index (κ2) is 15.1. The minimum Gasteiger partial charge on any atom is -0.369 e. The minimum absolute atomic E-state index is 0.0192. The highest BCUT2D eigenvalue weighted by Gasteiger charge is 2.39. The Bertz CT molecular complexity index is 1210. The number of nitrogens with zero attached hydrogens (tertiary/aromatic N) is 10. The first kappa shape index (κ1) is 31.6. The highest BCUT2D eigenvalue weighted by Crippen LogP contribution is 2.47. The second-order valence-electron chi connectivity index (χ2n) is 10.5. The zero-order valence-corrected chi connectivity index (χ0v) is 25.6. The molecule has 0 saturated carbocycles. The summed E-state index contributed by atoms with van der Waals surface area (Å²) in [7, 11) is 6.25. The van der Waals surface area contributed by atoms with Crippen molar-refractivity contribution in [2.75, 3.05) is 41.4 Å². The molecule has 1 aliphatic rings. The summed E-state index contributed by atoms with van der Waals surface area (Å²) in [5.41, 5.74) is 1.25. The third-order valence-electron chi connectivity index (χ3n) is 5.93. The molecule has 3 rings (SSSR count). The number of rotatable bonds is 14. The summed E-state index contributed by atoms with van der Waals surface area (Å²) in [5, 5.41) is 9.02. The molecule has 0 spiro atoms. The van der Waals surface area contributed by atoms with Crippen LogP contribution in [-0.4, -0.2) is 112 Å². The quantitative estimate of drug-likeness (QED) is 0.109. The van der Waals surface area contributed by atoms with Crippen LogP contribution in [0.1, 0.15) is 46.8 Å². The smallest absolute Gasteiger partial charge is 0.332 e. The first-order chi connectivity index (χ1) is 19.1. The maximum atomic E-state index is 9.02. The highest BCUT2D eigenvalue weighted by molar-refractivity contribution is 7.44. The fraction of sp³-hybridized carbons (Fsp3) is 0.654. The maximum Gasteiger partial charge on any atom is 0.332 e. The summed E-state index contributed by atoms with van der Waals surface area (Å²) >= 11 is 0. The lowest BCUT2D eigenvalue weighted by molar-refractivity contribution is -0.0222. The lowest BCUT2D eigenvalue weighted by Gasteiger charge is -2.36. The molecule has 2 aromatic heterocycles. The second-order valence-corrected chi connectivity index (χ2v) is 11.9. The number of ether oxygens (including phenoxy) is 1. The molecule has 14 heteroatoms. The Morgan fingerprint density at radius 3 is 2.58 bits per heavy atom. The van der Waals surface area contributed by atoms with Crippen molar-refractivity contribution >= 4 is 44.4 Å². The minimum atomic E-state index is -1.39. The van der Waals surface area contributed by atoms with Crippen molar-refractivity contribution in [1.82, 2.24) is 38.7 Å². The van der Waals surface area contributed by atoms with E-state index in [1.807, 2.05) is 48.8 Å². The van der Waals surface area contributed by atoms with E-state index in [1.165, 1.54) is 6.33 Å². The van der Waals surface area contributed by atoms with Gasteiger partial charge in [-0.3, -0.25) is 9.47 Å². The molecule has 1 saturated heterocycles. The highest BCUT2D eigenvalue weighted by atomic mass is 31.2. The third kappa shape index (κ3) is 8.51. The van der Waals surface area contributed by atoms with E-state index in [0.717, 1.165) is 0 Å². The van der Waals surface area contributed by atoms with E-state index in [1.54, 1.807) is 19.0 Å². The van der Waals surface area contributed by atoms with Gasteiger partial charge in [0, 0.05) is 32.6 Å². The fourth-order valence-electron chi connectivity index (χ4n) is 4.29. The standard InChI is InChI=1S/C26H42N10O3P/c1-19(2)36(20(3)4)40(37-11-9-10-27)38-14-22-21(13-28-16-33(5)6)12-23(39-22)35-18-31-24-25(32-17-34(7)8)29-15-30-26(24)35/h13,15-23H,9,11-12,14H2,1-8H3/q+1. The fourth-order valence-corrected chi connectivity index (χ4v) is 5.91. The number of hydrogen-bond donors (Lipinski definition) is 0. The van der Waals surface area contributed by atoms with E-state index in [2.05, 4.69) is 63.0 Å². The summed E-state index contributed by atoms with van der Waals surface area (Å²) in [6.45, 7) is 9.08. The predicted octanol–water partition coefficient (Wildman–Crippen LogP) is 2.97. The Kier molecular flexibility index (Phi) is 11.9. The van der Waals surface area contributed by atoms with Crippen molar-refractivity contribution < 1.29 is 13.8 Å². The van der Waals surface area contributed by atoms with E-state index in [-0.39, 0.29) is 30.3 Å². The normalized spacial score (nSPS) is 19.9. The topological polar surface area (TPSA) is 131 Å². The first-order valence-corrected chi connectivity index (χ1v) is 14.5. The van der Waals surface area contributed by atoms with Gasteiger partial charge in [-0.2, -0.15) is 5.26 Å². The monoisotopic (exact) mass is 573 g/mol. The van der Waals surface area contributed by atoms with Crippen molar-refractivity contribution in [2.45, 2.75) is 65.0 Å². The van der Waals surface area contributed by atoms with Crippen LogP contribution in [0.25, 0.3) is 11.2 Å². The van der Waals surface area contributed by atoms with Gasteiger partial charge in [0.25, 0.3) is 8.53 Å². The van der Waals surface area contributed by atoms with E-state index in [0.29, 0.717) is 43.0 Å². The molecular weight excluding hydrogens is 531 g/mol. The number of nitriles is 1. The van der Waals surface area contributed by atoms with Crippen LogP contribution in [-0.2, 0) is 13.8 Å². The van der Waals surface area contributed by atoms with E-state index in [4.69, 9.17) is 19.0 Å². The van der Waals surface area contributed by atoms with Crippen molar-refractivity contribution in [3.63, 3.8) is 0 Å². The van der Waals surface area contributed by atoms with Crippen molar-refractivity contribution in [2.24, 2.45) is 10.9 Å². The largest absolute Gasteiger partial charge is 0.369 e. The first-order valence-electron chi connectivity index (χ1n) is 13.4.